The maximum absolute atomic E-state index is 12.9. The average Bonchev–Trinajstić information content (AvgIpc) is 3.22. The normalized spacial score (nSPS) is 14.2. The fourth-order valence-corrected chi connectivity index (χ4v) is 2.83. The van der Waals surface area contributed by atoms with E-state index in [1.807, 2.05) is 47.8 Å². The highest BCUT2D eigenvalue weighted by Crippen LogP contribution is 2.31. The number of aryl methyl sites for hydroxylation is 2. The summed E-state index contributed by atoms with van der Waals surface area (Å²) in [6.07, 6.45) is 5.85. The van der Waals surface area contributed by atoms with Crippen LogP contribution in [-0.4, -0.2) is 26.4 Å². The van der Waals surface area contributed by atoms with Crippen LogP contribution in [0.1, 0.15) is 34.6 Å². The number of halogens is 1. The summed E-state index contributed by atoms with van der Waals surface area (Å²) < 4.78 is 2.82. The molecule has 0 bridgehead atoms. The molecule has 3 rings (SSSR count). The van der Waals surface area contributed by atoms with Crippen LogP contribution in [-0.2, 0) is 13.6 Å². The summed E-state index contributed by atoms with van der Waals surface area (Å²) >= 11 is 3.49. The largest absolute Gasteiger partial charge is 0.337 e. The lowest BCUT2D eigenvalue weighted by molar-refractivity contribution is 0.0723. The number of rotatable bonds is 4. The minimum Gasteiger partial charge on any atom is -0.337 e. The smallest absolute Gasteiger partial charge is 0.255 e. The molecule has 5 heteroatoms. The molecule has 0 saturated heterocycles. The number of amides is 1. The topological polar surface area (TPSA) is 38.1 Å². The molecule has 0 radical (unpaired) electrons. The van der Waals surface area contributed by atoms with Crippen LogP contribution >= 0.6 is 15.9 Å². The number of benzene rings is 1. The van der Waals surface area contributed by atoms with Crippen LogP contribution in [0.4, 0.5) is 0 Å². The van der Waals surface area contributed by atoms with Crippen LogP contribution in [0.2, 0.25) is 0 Å². The molecule has 1 fully saturated rings. The van der Waals surface area contributed by atoms with Crippen molar-refractivity contribution in [1.82, 2.24) is 14.5 Å². The van der Waals surface area contributed by atoms with Crippen LogP contribution < -0.4 is 0 Å². The summed E-state index contributed by atoms with van der Waals surface area (Å²) in [6, 6.07) is 6.23. The molecule has 1 saturated carbocycles. The van der Waals surface area contributed by atoms with Gasteiger partial charge in [-0.2, -0.15) is 0 Å². The van der Waals surface area contributed by atoms with Gasteiger partial charge in [0.2, 0.25) is 0 Å². The monoisotopic (exact) mass is 347 g/mol. The van der Waals surface area contributed by atoms with Crippen molar-refractivity contribution in [2.24, 2.45) is 7.05 Å². The SMILES string of the molecule is Cc1ccc(Br)c(C(=O)N(Cc2nccn2C)C2CC2)c1. The Bertz CT molecular complexity index is 676. The third kappa shape index (κ3) is 3.02. The van der Waals surface area contributed by atoms with Gasteiger partial charge in [0.1, 0.15) is 5.82 Å². The second-order valence-electron chi connectivity index (χ2n) is 5.60. The van der Waals surface area contributed by atoms with Gasteiger partial charge in [0.15, 0.2) is 0 Å². The first kappa shape index (κ1) is 14.3. The first-order valence-electron chi connectivity index (χ1n) is 7.09. The summed E-state index contributed by atoms with van der Waals surface area (Å²) in [5, 5.41) is 0. The Balaban J connectivity index is 1.88. The van der Waals surface area contributed by atoms with E-state index in [0.717, 1.165) is 34.3 Å². The molecule has 0 N–H and O–H groups in total. The molecule has 1 aliphatic carbocycles. The van der Waals surface area contributed by atoms with Crippen molar-refractivity contribution >= 4 is 21.8 Å². The van der Waals surface area contributed by atoms with Crippen molar-refractivity contribution in [3.05, 3.63) is 52.0 Å². The fourth-order valence-electron chi connectivity index (χ4n) is 2.41. The zero-order valence-electron chi connectivity index (χ0n) is 12.2. The highest BCUT2D eigenvalue weighted by molar-refractivity contribution is 9.10. The number of aromatic nitrogens is 2. The summed E-state index contributed by atoms with van der Waals surface area (Å²) in [4.78, 5) is 19.2. The zero-order valence-corrected chi connectivity index (χ0v) is 13.8. The van der Waals surface area contributed by atoms with E-state index in [9.17, 15) is 4.79 Å². The van der Waals surface area contributed by atoms with E-state index < -0.39 is 0 Å². The highest BCUT2D eigenvalue weighted by Gasteiger charge is 2.34. The molecular formula is C16H18BrN3O. The van der Waals surface area contributed by atoms with Gasteiger partial charge in [0.05, 0.1) is 12.1 Å². The molecule has 0 spiro atoms. The minimum atomic E-state index is 0.0797. The Morgan fingerprint density at radius 2 is 2.24 bits per heavy atom. The molecule has 1 aromatic carbocycles. The van der Waals surface area contributed by atoms with Crippen LogP contribution in [0.3, 0.4) is 0 Å². The molecule has 21 heavy (non-hydrogen) atoms. The standard InChI is InChI=1S/C16H18BrN3O/c1-11-3-6-14(17)13(9-11)16(21)20(12-4-5-12)10-15-18-7-8-19(15)2/h3,6-9,12H,4-5,10H2,1-2H3. The average molecular weight is 348 g/mol. The van der Waals surface area contributed by atoms with Crippen molar-refractivity contribution in [2.75, 3.05) is 0 Å². The maximum Gasteiger partial charge on any atom is 0.255 e. The predicted molar refractivity (Wildman–Crippen MR) is 85.0 cm³/mol. The summed E-state index contributed by atoms with van der Waals surface area (Å²) in [7, 11) is 1.96. The number of hydrogen-bond acceptors (Lipinski definition) is 2. The van der Waals surface area contributed by atoms with Gasteiger partial charge >= 0.3 is 0 Å². The van der Waals surface area contributed by atoms with Gasteiger partial charge < -0.3 is 9.47 Å². The van der Waals surface area contributed by atoms with Crippen LogP contribution in [0.5, 0.6) is 0 Å². The van der Waals surface area contributed by atoms with E-state index in [1.54, 1.807) is 6.20 Å². The van der Waals surface area contributed by atoms with Crippen molar-refractivity contribution in [3.63, 3.8) is 0 Å². The van der Waals surface area contributed by atoms with Gasteiger partial charge in [-0.25, -0.2) is 4.98 Å². The first-order chi connectivity index (χ1) is 10.1. The van der Waals surface area contributed by atoms with Gasteiger partial charge in [-0.05, 0) is 47.8 Å². The van der Waals surface area contributed by atoms with Crippen LogP contribution in [0.15, 0.2) is 35.1 Å². The molecule has 4 nitrogen and oxygen atoms in total. The van der Waals surface area contributed by atoms with Crippen LogP contribution in [0.25, 0.3) is 0 Å². The van der Waals surface area contributed by atoms with Crippen LogP contribution in [0, 0.1) is 6.92 Å². The molecule has 1 amide bonds. The van der Waals surface area contributed by atoms with Crippen molar-refractivity contribution in [1.29, 1.82) is 0 Å². The molecule has 1 heterocycles. The Hall–Kier alpha value is -1.62. The maximum atomic E-state index is 12.9. The van der Waals surface area contributed by atoms with Crippen molar-refractivity contribution < 1.29 is 4.79 Å². The van der Waals surface area contributed by atoms with Gasteiger partial charge in [0, 0.05) is 30.0 Å². The third-order valence-corrected chi connectivity index (χ3v) is 4.53. The number of imidazole rings is 1. The van der Waals surface area contributed by atoms with E-state index in [1.165, 1.54) is 0 Å². The summed E-state index contributed by atoms with van der Waals surface area (Å²) in [5.41, 5.74) is 1.82. The van der Waals surface area contributed by atoms with E-state index in [2.05, 4.69) is 20.9 Å². The molecule has 0 aliphatic heterocycles. The van der Waals surface area contributed by atoms with Gasteiger partial charge in [-0.3, -0.25) is 4.79 Å². The quantitative estimate of drug-likeness (QED) is 0.850. The Labute approximate surface area is 132 Å². The van der Waals surface area contributed by atoms with Gasteiger partial charge in [-0.1, -0.05) is 11.6 Å². The van der Waals surface area contributed by atoms with Gasteiger partial charge in [-0.15, -0.1) is 0 Å². The Morgan fingerprint density at radius 1 is 1.48 bits per heavy atom. The second kappa shape index (κ2) is 5.64. The van der Waals surface area contributed by atoms with Crippen molar-refractivity contribution in [2.45, 2.75) is 32.4 Å². The summed E-state index contributed by atoms with van der Waals surface area (Å²) in [5.74, 6) is 0.995. The second-order valence-corrected chi connectivity index (χ2v) is 6.46. The third-order valence-electron chi connectivity index (χ3n) is 3.83. The molecule has 110 valence electrons. The zero-order chi connectivity index (χ0) is 15.0. The molecule has 0 unspecified atom stereocenters. The number of carbonyl (C=O) groups excluding carboxylic acids is 1. The van der Waals surface area contributed by atoms with E-state index in [0.29, 0.717) is 12.6 Å². The van der Waals surface area contributed by atoms with E-state index >= 15 is 0 Å². The molecule has 1 aliphatic rings. The van der Waals surface area contributed by atoms with E-state index in [-0.39, 0.29) is 5.91 Å². The number of nitrogens with zero attached hydrogens (tertiary/aromatic N) is 3. The Kier molecular flexibility index (Phi) is 3.85. The minimum absolute atomic E-state index is 0.0797. The molecule has 1 aromatic heterocycles. The lowest BCUT2D eigenvalue weighted by Gasteiger charge is -2.23. The van der Waals surface area contributed by atoms with Gasteiger partial charge in [0.25, 0.3) is 5.91 Å². The first-order valence-corrected chi connectivity index (χ1v) is 7.89. The highest BCUT2D eigenvalue weighted by atomic mass is 79.9. The fraction of sp³-hybridized carbons (Fsp3) is 0.375. The number of hydrogen-bond donors (Lipinski definition) is 0. The molecular weight excluding hydrogens is 330 g/mol. The number of carbonyl (C=O) groups is 1. The molecule has 2 aromatic rings. The van der Waals surface area contributed by atoms with E-state index in [4.69, 9.17) is 0 Å². The van der Waals surface area contributed by atoms with Crippen molar-refractivity contribution in [3.8, 4) is 0 Å². The Morgan fingerprint density at radius 3 is 2.86 bits per heavy atom. The lowest BCUT2D eigenvalue weighted by Crippen LogP contribution is -2.33. The summed E-state index contributed by atoms with van der Waals surface area (Å²) in [6.45, 7) is 2.57. The molecule has 0 atom stereocenters. The predicted octanol–water partition coefficient (Wildman–Crippen LogP) is 3.30. The lowest BCUT2D eigenvalue weighted by atomic mass is 10.1.